The number of nitrogens with zero attached hydrogens (tertiary/aromatic N) is 1. The van der Waals surface area contributed by atoms with Crippen molar-refractivity contribution >= 4 is 5.97 Å². The van der Waals surface area contributed by atoms with Crippen LogP contribution in [0.5, 0.6) is 0 Å². The average molecular weight is 228 g/mol. The number of carbonyl (C=O) groups is 1. The molecule has 1 rings (SSSR count). The molecule has 1 atom stereocenters. The van der Waals surface area contributed by atoms with Gasteiger partial charge in [0.15, 0.2) is 0 Å². The highest BCUT2D eigenvalue weighted by Gasteiger charge is 2.38. The van der Waals surface area contributed by atoms with E-state index in [1.807, 2.05) is 6.92 Å². The van der Waals surface area contributed by atoms with Crippen LogP contribution in [0.15, 0.2) is 0 Å². The van der Waals surface area contributed by atoms with Crippen molar-refractivity contribution in [1.82, 2.24) is 10.2 Å². The summed E-state index contributed by atoms with van der Waals surface area (Å²) in [6.45, 7) is 8.16. The third kappa shape index (κ3) is 3.46. The molecule has 16 heavy (non-hydrogen) atoms. The lowest BCUT2D eigenvalue weighted by Crippen LogP contribution is -2.57. The maximum absolute atomic E-state index is 11.3. The highest BCUT2D eigenvalue weighted by atomic mass is 16.4. The Bertz CT molecular complexity index is 241. The number of rotatable bonds is 8. The van der Waals surface area contributed by atoms with Crippen molar-refractivity contribution < 1.29 is 9.90 Å². The van der Waals surface area contributed by atoms with E-state index in [2.05, 4.69) is 17.1 Å². The smallest absolute Gasteiger partial charge is 0.324 e. The first-order chi connectivity index (χ1) is 7.53. The van der Waals surface area contributed by atoms with Crippen molar-refractivity contribution in [2.24, 2.45) is 0 Å². The lowest BCUT2D eigenvalue weighted by atomic mass is 10.0. The quantitative estimate of drug-likeness (QED) is 0.658. The number of aliphatic carboxylic acids is 1. The second-order valence-corrected chi connectivity index (χ2v) is 4.87. The minimum Gasteiger partial charge on any atom is -0.480 e. The molecule has 94 valence electrons. The molecule has 0 heterocycles. The zero-order valence-electron chi connectivity index (χ0n) is 10.6. The topological polar surface area (TPSA) is 52.6 Å². The van der Waals surface area contributed by atoms with E-state index in [4.69, 9.17) is 0 Å². The minimum atomic E-state index is -0.813. The molecule has 1 aliphatic carbocycles. The van der Waals surface area contributed by atoms with Crippen molar-refractivity contribution in [2.75, 3.05) is 19.6 Å². The third-order valence-corrected chi connectivity index (χ3v) is 3.13. The molecule has 4 heteroatoms. The van der Waals surface area contributed by atoms with Crippen molar-refractivity contribution in [3.05, 3.63) is 0 Å². The van der Waals surface area contributed by atoms with E-state index in [9.17, 15) is 9.90 Å². The van der Waals surface area contributed by atoms with Crippen LogP contribution < -0.4 is 5.32 Å². The Hall–Kier alpha value is -0.610. The zero-order valence-corrected chi connectivity index (χ0v) is 10.6. The molecule has 0 spiro atoms. The van der Waals surface area contributed by atoms with Gasteiger partial charge in [-0.3, -0.25) is 9.69 Å². The molecule has 0 radical (unpaired) electrons. The Labute approximate surface area is 98.0 Å². The normalized spacial score (nSPS) is 19.8. The van der Waals surface area contributed by atoms with Crippen molar-refractivity contribution in [2.45, 2.75) is 51.6 Å². The van der Waals surface area contributed by atoms with Crippen molar-refractivity contribution in [3.8, 4) is 0 Å². The summed E-state index contributed by atoms with van der Waals surface area (Å²) < 4.78 is 0. The second-order valence-electron chi connectivity index (χ2n) is 4.87. The Morgan fingerprint density at radius 2 is 2.12 bits per heavy atom. The van der Waals surface area contributed by atoms with Crippen LogP contribution in [0.3, 0.4) is 0 Å². The van der Waals surface area contributed by atoms with E-state index in [0.29, 0.717) is 19.1 Å². The molecule has 2 N–H and O–H groups in total. The van der Waals surface area contributed by atoms with Gasteiger partial charge < -0.3 is 10.4 Å². The first kappa shape index (κ1) is 13.5. The minimum absolute atomic E-state index is 0.606. The van der Waals surface area contributed by atoms with Gasteiger partial charge in [-0.15, -0.1) is 0 Å². The van der Waals surface area contributed by atoms with Crippen LogP contribution in [0.2, 0.25) is 0 Å². The molecule has 0 aromatic carbocycles. The molecule has 0 aromatic heterocycles. The van der Waals surface area contributed by atoms with Crippen LogP contribution in [0.4, 0.5) is 0 Å². The van der Waals surface area contributed by atoms with Gasteiger partial charge in [0.2, 0.25) is 0 Å². The van der Waals surface area contributed by atoms with Gasteiger partial charge in [0.25, 0.3) is 0 Å². The van der Waals surface area contributed by atoms with Gasteiger partial charge in [-0.2, -0.15) is 0 Å². The largest absolute Gasteiger partial charge is 0.480 e. The number of carboxylic acid groups (broad SMARTS) is 1. The SMILES string of the molecule is CCCN(CC(C)(NCC)C(=O)O)C1CC1. The van der Waals surface area contributed by atoms with E-state index < -0.39 is 11.5 Å². The fourth-order valence-corrected chi connectivity index (χ4v) is 2.11. The third-order valence-electron chi connectivity index (χ3n) is 3.13. The summed E-state index contributed by atoms with van der Waals surface area (Å²) in [5.74, 6) is -0.754. The van der Waals surface area contributed by atoms with E-state index in [-0.39, 0.29) is 0 Å². The highest BCUT2D eigenvalue weighted by Crippen LogP contribution is 2.28. The molecule has 1 saturated carbocycles. The molecule has 1 aliphatic rings. The zero-order chi connectivity index (χ0) is 12.2. The summed E-state index contributed by atoms with van der Waals surface area (Å²) >= 11 is 0. The van der Waals surface area contributed by atoms with Crippen LogP contribution in [-0.2, 0) is 4.79 Å². The number of nitrogens with one attached hydrogen (secondary N) is 1. The fourth-order valence-electron chi connectivity index (χ4n) is 2.11. The van der Waals surface area contributed by atoms with E-state index in [0.717, 1.165) is 13.0 Å². The molecule has 0 aromatic rings. The Kier molecular flexibility index (Phi) is 4.74. The lowest BCUT2D eigenvalue weighted by molar-refractivity contribution is -0.145. The van der Waals surface area contributed by atoms with E-state index in [1.165, 1.54) is 12.8 Å². The molecule has 4 nitrogen and oxygen atoms in total. The lowest BCUT2D eigenvalue weighted by Gasteiger charge is -2.33. The summed E-state index contributed by atoms with van der Waals surface area (Å²) in [4.78, 5) is 13.6. The highest BCUT2D eigenvalue weighted by molar-refractivity contribution is 5.78. The summed E-state index contributed by atoms with van der Waals surface area (Å²) in [5.41, 5.74) is -0.813. The Morgan fingerprint density at radius 1 is 1.50 bits per heavy atom. The number of carboxylic acids is 1. The molecular weight excluding hydrogens is 204 g/mol. The Morgan fingerprint density at radius 3 is 2.50 bits per heavy atom. The maximum atomic E-state index is 11.3. The van der Waals surface area contributed by atoms with Gasteiger partial charge in [0.1, 0.15) is 5.54 Å². The summed E-state index contributed by atoms with van der Waals surface area (Å²) in [7, 11) is 0. The summed E-state index contributed by atoms with van der Waals surface area (Å²) in [5, 5.41) is 12.4. The molecule has 0 aliphatic heterocycles. The van der Waals surface area contributed by atoms with E-state index >= 15 is 0 Å². The molecule has 0 saturated heterocycles. The maximum Gasteiger partial charge on any atom is 0.324 e. The van der Waals surface area contributed by atoms with Crippen molar-refractivity contribution in [3.63, 3.8) is 0 Å². The number of hydrogen-bond acceptors (Lipinski definition) is 3. The number of hydrogen-bond donors (Lipinski definition) is 2. The summed E-state index contributed by atoms with van der Waals surface area (Å²) in [6.07, 6.45) is 3.53. The van der Waals surface area contributed by atoms with Crippen LogP contribution in [0, 0.1) is 0 Å². The van der Waals surface area contributed by atoms with Crippen molar-refractivity contribution in [1.29, 1.82) is 0 Å². The van der Waals surface area contributed by atoms with Crippen LogP contribution in [-0.4, -0.2) is 47.2 Å². The van der Waals surface area contributed by atoms with Gasteiger partial charge >= 0.3 is 5.97 Å². The fraction of sp³-hybridized carbons (Fsp3) is 0.917. The predicted octanol–water partition coefficient (Wildman–Crippen LogP) is 1.31. The van der Waals surface area contributed by atoms with Crippen LogP contribution >= 0.6 is 0 Å². The van der Waals surface area contributed by atoms with Gasteiger partial charge in [0.05, 0.1) is 0 Å². The van der Waals surface area contributed by atoms with Gasteiger partial charge in [-0.05, 0) is 39.3 Å². The first-order valence-electron chi connectivity index (χ1n) is 6.26. The monoisotopic (exact) mass is 228 g/mol. The van der Waals surface area contributed by atoms with Gasteiger partial charge in [-0.25, -0.2) is 0 Å². The van der Waals surface area contributed by atoms with E-state index in [1.54, 1.807) is 6.92 Å². The van der Waals surface area contributed by atoms with Crippen LogP contribution in [0.25, 0.3) is 0 Å². The molecular formula is C12H24N2O2. The average Bonchev–Trinajstić information content (AvgIpc) is 3.00. The molecule has 1 unspecified atom stereocenters. The molecule has 0 bridgehead atoms. The van der Waals surface area contributed by atoms with Gasteiger partial charge in [0, 0.05) is 12.6 Å². The molecule has 1 fully saturated rings. The predicted molar refractivity (Wildman–Crippen MR) is 64.6 cm³/mol. The van der Waals surface area contributed by atoms with Gasteiger partial charge in [-0.1, -0.05) is 13.8 Å². The molecule has 0 amide bonds. The van der Waals surface area contributed by atoms with Crippen LogP contribution in [0.1, 0.15) is 40.0 Å². The standard InChI is InChI=1S/C12H24N2O2/c1-4-8-14(10-6-7-10)9-12(3,11(15)16)13-5-2/h10,13H,4-9H2,1-3H3,(H,15,16). The first-order valence-corrected chi connectivity index (χ1v) is 6.26. The second kappa shape index (κ2) is 5.64. The Balaban J connectivity index is 2.60. The number of likely N-dealkylation sites (N-methyl/N-ethyl adjacent to an activating group) is 1. The summed E-state index contributed by atoms with van der Waals surface area (Å²) in [6, 6.07) is 0.622.